The van der Waals surface area contributed by atoms with Crippen molar-refractivity contribution in [1.29, 1.82) is 0 Å². The Balaban J connectivity index is 2.38. The summed E-state index contributed by atoms with van der Waals surface area (Å²) in [6.45, 7) is 16.2. The van der Waals surface area contributed by atoms with Gasteiger partial charge in [-0.1, -0.05) is 92.4 Å². The van der Waals surface area contributed by atoms with E-state index >= 15 is 0 Å². The second-order valence-electron chi connectivity index (χ2n) is 15.9. The number of carbonyl (C=O) groups excluding carboxylic acids is 3. The molecule has 1 saturated heterocycles. The first-order valence-electron chi connectivity index (χ1n) is 20.9. The highest BCUT2D eigenvalue weighted by Crippen LogP contribution is 2.25. The summed E-state index contributed by atoms with van der Waals surface area (Å²) in [6, 6.07) is -1.65. The summed E-state index contributed by atoms with van der Waals surface area (Å²) < 4.78 is 16.5. The zero-order valence-corrected chi connectivity index (χ0v) is 34.4. The molecule has 0 aromatic carbocycles. The van der Waals surface area contributed by atoms with Gasteiger partial charge in [0.05, 0.1) is 26.4 Å². The second-order valence-corrected chi connectivity index (χ2v) is 15.9. The van der Waals surface area contributed by atoms with E-state index in [0.29, 0.717) is 84.3 Å². The first kappa shape index (κ1) is 48.7. The number of carbonyl (C=O) groups is 4. The molecule has 53 heavy (non-hydrogen) atoms. The largest absolute Gasteiger partial charge is 0.481 e. The Morgan fingerprint density at radius 1 is 0.698 bits per heavy atom. The van der Waals surface area contributed by atoms with Crippen molar-refractivity contribution in [3.63, 3.8) is 0 Å². The lowest BCUT2D eigenvalue weighted by atomic mass is 9.90. The van der Waals surface area contributed by atoms with Crippen molar-refractivity contribution in [3.8, 4) is 0 Å². The molecule has 1 heterocycles. The minimum atomic E-state index is -1.05. The third-order valence-corrected chi connectivity index (χ3v) is 10.2. The number of amides is 3. The fourth-order valence-corrected chi connectivity index (χ4v) is 6.85. The highest BCUT2D eigenvalue weighted by Gasteiger charge is 2.36. The van der Waals surface area contributed by atoms with Crippen LogP contribution in [0.1, 0.15) is 137 Å². The van der Waals surface area contributed by atoms with Crippen LogP contribution in [0.5, 0.6) is 0 Å². The summed E-state index contributed by atoms with van der Waals surface area (Å²) in [4.78, 5) is 52.7. The van der Waals surface area contributed by atoms with Gasteiger partial charge in [-0.2, -0.15) is 0 Å². The molecule has 1 aliphatic rings. The number of hydrogen-bond acceptors (Lipinski definition) is 8. The molecule has 0 bridgehead atoms. The number of nitrogens with zero attached hydrogens (tertiary/aromatic N) is 1. The van der Waals surface area contributed by atoms with Gasteiger partial charge < -0.3 is 40.2 Å². The normalized spacial score (nSPS) is 16.7. The van der Waals surface area contributed by atoms with Crippen molar-refractivity contribution in [2.24, 2.45) is 23.7 Å². The smallest absolute Gasteiger partial charge is 0.303 e. The molecule has 12 nitrogen and oxygen atoms in total. The van der Waals surface area contributed by atoms with Crippen molar-refractivity contribution in [2.45, 2.75) is 149 Å². The van der Waals surface area contributed by atoms with E-state index in [0.717, 1.165) is 37.6 Å². The van der Waals surface area contributed by atoms with Crippen molar-refractivity contribution in [2.75, 3.05) is 66.3 Å². The number of carboxylic acids is 1. The van der Waals surface area contributed by atoms with Crippen molar-refractivity contribution in [1.82, 2.24) is 20.9 Å². The van der Waals surface area contributed by atoms with Gasteiger partial charge in [0.1, 0.15) is 12.1 Å². The number of ether oxygens (including phenoxy) is 3. The van der Waals surface area contributed by atoms with Crippen LogP contribution in [0.4, 0.5) is 0 Å². The summed E-state index contributed by atoms with van der Waals surface area (Å²) in [5.74, 6) is 0.598. The van der Waals surface area contributed by atoms with Gasteiger partial charge in [-0.3, -0.25) is 19.2 Å². The lowest BCUT2D eigenvalue weighted by Gasteiger charge is -2.27. The van der Waals surface area contributed by atoms with E-state index in [1.807, 2.05) is 7.05 Å². The van der Waals surface area contributed by atoms with Crippen molar-refractivity contribution >= 4 is 23.7 Å². The molecule has 12 heteroatoms. The predicted octanol–water partition coefficient (Wildman–Crippen LogP) is 5.96. The lowest BCUT2D eigenvalue weighted by Crippen LogP contribution is -2.53. The third kappa shape index (κ3) is 25.4. The number of carboxylic acid groups (broad SMARTS) is 1. The summed E-state index contributed by atoms with van der Waals surface area (Å²) in [5, 5.41) is 17.9. The lowest BCUT2D eigenvalue weighted by molar-refractivity contribution is -0.140. The molecule has 0 saturated carbocycles. The summed E-state index contributed by atoms with van der Waals surface area (Å²) in [7, 11) is 1.91. The zero-order valence-electron chi connectivity index (χ0n) is 34.4. The number of hydrogen-bond donors (Lipinski definition) is 4. The Bertz CT molecular complexity index is 984. The van der Waals surface area contributed by atoms with Crippen LogP contribution in [0.25, 0.3) is 0 Å². The molecule has 0 aliphatic carbocycles. The molecular weight excluding hydrogens is 676 g/mol. The molecule has 1 rings (SSSR count). The Kier molecular flexibility index (Phi) is 28.5. The maximum atomic E-state index is 13.4. The van der Waals surface area contributed by atoms with E-state index < -0.39 is 29.9 Å². The third-order valence-electron chi connectivity index (χ3n) is 10.2. The van der Waals surface area contributed by atoms with Gasteiger partial charge in [-0.15, -0.1) is 0 Å². The average molecular weight is 755 g/mol. The first-order chi connectivity index (χ1) is 25.4. The SMILES string of the molecule is CNCCCOCCOCCOCCCNC(=O)C(CCC(=O)O)NC(=O)C1CCCN1C(=O)CC(C)CCCC(C)CCCC(C)CCCC(C)C. The minimum absolute atomic E-state index is 0.0277. The van der Waals surface area contributed by atoms with Crippen LogP contribution in [0.2, 0.25) is 0 Å². The molecular formula is C41H78N4O8. The quantitative estimate of drug-likeness (QED) is 0.0583. The first-order valence-corrected chi connectivity index (χ1v) is 20.9. The van der Waals surface area contributed by atoms with Crippen LogP contribution in [-0.4, -0.2) is 112 Å². The van der Waals surface area contributed by atoms with Crippen LogP contribution < -0.4 is 16.0 Å². The minimum Gasteiger partial charge on any atom is -0.481 e. The molecule has 310 valence electrons. The molecule has 5 atom stereocenters. The standard InChI is InChI=1S/C41H78N4O8/c1-32(2)13-7-14-33(3)15-8-16-34(4)17-9-18-35(5)31-38(46)45-24-10-19-37(45)41(50)44-36(20-21-39(47)48)40(49)43-23-12-26-52-28-30-53-29-27-51-25-11-22-42-6/h32-37,42H,7-31H2,1-6H3,(H,43,49)(H,44,50)(H,47,48). The Morgan fingerprint density at radius 2 is 1.23 bits per heavy atom. The fourth-order valence-electron chi connectivity index (χ4n) is 6.85. The highest BCUT2D eigenvalue weighted by molar-refractivity contribution is 5.92. The van der Waals surface area contributed by atoms with Crippen LogP contribution in [0.15, 0.2) is 0 Å². The van der Waals surface area contributed by atoms with Crippen LogP contribution in [0.3, 0.4) is 0 Å². The van der Waals surface area contributed by atoms with E-state index in [-0.39, 0.29) is 24.7 Å². The number of likely N-dealkylation sites (tertiary alicyclic amines) is 1. The van der Waals surface area contributed by atoms with Crippen LogP contribution in [0, 0.1) is 23.7 Å². The summed E-state index contributed by atoms with van der Waals surface area (Å²) >= 11 is 0. The average Bonchev–Trinajstić information content (AvgIpc) is 3.60. The molecule has 5 unspecified atom stereocenters. The van der Waals surface area contributed by atoms with Gasteiger partial charge in [0.2, 0.25) is 17.7 Å². The van der Waals surface area contributed by atoms with Gasteiger partial charge in [0.25, 0.3) is 0 Å². The van der Waals surface area contributed by atoms with E-state index in [2.05, 4.69) is 50.6 Å². The van der Waals surface area contributed by atoms with E-state index in [1.165, 1.54) is 44.9 Å². The van der Waals surface area contributed by atoms with Gasteiger partial charge in [0, 0.05) is 39.1 Å². The monoisotopic (exact) mass is 755 g/mol. The maximum Gasteiger partial charge on any atom is 0.303 e. The highest BCUT2D eigenvalue weighted by atomic mass is 16.5. The van der Waals surface area contributed by atoms with Gasteiger partial charge >= 0.3 is 5.97 Å². The number of aliphatic carboxylic acids is 1. The van der Waals surface area contributed by atoms with E-state index in [9.17, 15) is 24.3 Å². The predicted molar refractivity (Wildman–Crippen MR) is 211 cm³/mol. The van der Waals surface area contributed by atoms with Gasteiger partial charge in [-0.05, 0) is 69.4 Å². The zero-order chi connectivity index (χ0) is 39.3. The Morgan fingerprint density at radius 3 is 1.77 bits per heavy atom. The Labute approximate surface area is 322 Å². The van der Waals surface area contributed by atoms with Crippen LogP contribution in [-0.2, 0) is 33.4 Å². The molecule has 3 amide bonds. The van der Waals surface area contributed by atoms with Crippen molar-refractivity contribution in [3.05, 3.63) is 0 Å². The molecule has 0 aromatic heterocycles. The van der Waals surface area contributed by atoms with E-state index in [4.69, 9.17) is 14.2 Å². The maximum absolute atomic E-state index is 13.4. The molecule has 4 N–H and O–H groups in total. The second kappa shape index (κ2) is 31.0. The van der Waals surface area contributed by atoms with E-state index in [1.54, 1.807) is 4.90 Å². The molecule has 1 fully saturated rings. The summed E-state index contributed by atoms with van der Waals surface area (Å²) in [5.41, 5.74) is 0. The van der Waals surface area contributed by atoms with Crippen LogP contribution >= 0.6 is 0 Å². The Hall–Kier alpha value is -2.28. The fraction of sp³-hybridized carbons (Fsp3) is 0.902. The summed E-state index contributed by atoms with van der Waals surface area (Å²) in [6.07, 6.45) is 14.0. The molecule has 1 aliphatic heterocycles. The van der Waals surface area contributed by atoms with Gasteiger partial charge in [0.15, 0.2) is 0 Å². The number of nitrogens with one attached hydrogen (secondary N) is 3. The number of rotatable bonds is 34. The molecule has 0 radical (unpaired) electrons. The van der Waals surface area contributed by atoms with Gasteiger partial charge in [-0.25, -0.2) is 0 Å². The molecule has 0 aromatic rings. The van der Waals surface area contributed by atoms with Crippen molar-refractivity contribution < 1.29 is 38.5 Å². The topological polar surface area (TPSA) is 156 Å². The molecule has 0 spiro atoms.